The summed E-state index contributed by atoms with van der Waals surface area (Å²) in [6, 6.07) is 5.82. The first-order chi connectivity index (χ1) is 8.88. The zero-order chi connectivity index (χ0) is 12.4. The van der Waals surface area contributed by atoms with Crippen molar-refractivity contribution in [2.75, 3.05) is 44.3 Å². The smallest absolute Gasteiger partial charge is 0.184 e. The summed E-state index contributed by atoms with van der Waals surface area (Å²) in [6.45, 7) is 4.86. The summed E-state index contributed by atoms with van der Waals surface area (Å²) in [6.07, 6.45) is 0. The predicted octanol–water partition coefficient (Wildman–Crippen LogP) is 1.16. The van der Waals surface area contributed by atoms with Crippen molar-refractivity contribution < 1.29 is 9.47 Å². The first-order valence-corrected chi connectivity index (χ1v) is 6.18. The molecule has 6 heteroatoms. The van der Waals surface area contributed by atoms with Crippen LogP contribution in [0.15, 0.2) is 12.1 Å². The maximum atomic E-state index is 9.08. The molecule has 2 heterocycles. The summed E-state index contributed by atoms with van der Waals surface area (Å²) < 4.78 is 11.3. The molecule has 0 amide bonds. The van der Waals surface area contributed by atoms with Crippen LogP contribution in [0.3, 0.4) is 0 Å². The first kappa shape index (κ1) is 13.8. The molecule has 2 aliphatic rings. The molecule has 0 saturated carbocycles. The maximum Gasteiger partial charge on any atom is 0.184 e. The quantitative estimate of drug-likeness (QED) is 0.837. The number of piperazine rings is 1. The van der Waals surface area contributed by atoms with Crippen molar-refractivity contribution in [1.82, 2.24) is 5.32 Å². The third-order valence-electron chi connectivity index (χ3n) is 3.21. The van der Waals surface area contributed by atoms with Crippen molar-refractivity contribution in [2.24, 2.45) is 0 Å². The lowest BCUT2D eigenvalue weighted by Gasteiger charge is -2.32. The van der Waals surface area contributed by atoms with Gasteiger partial charge in [-0.05, 0) is 6.07 Å². The average molecular weight is 282 g/mol. The van der Waals surface area contributed by atoms with Gasteiger partial charge < -0.3 is 19.7 Å². The molecule has 0 bridgehead atoms. The van der Waals surface area contributed by atoms with Gasteiger partial charge in [0, 0.05) is 32.2 Å². The van der Waals surface area contributed by atoms with E-state index in [1.54, 1.807) is 6.07 Å². The van der Waals surface area contributed by atoms with Crippen LogP contribution >= 0.6 is 12.4 Å². The van der Waals surface area contributed by atoms with E-state index in [4.69, 9.17) is 14.7 Å². The van der Waals surface area contributed by atoms with E-state index in [1.165, 1.54) is 0 Å². The number of halogens is 1. The van der Waals surface area contributed by atoms with E-state index in [9.17, 15) is 0 Å². The molecule has 19 heavy (non-hydrogen) atoms. The largest absolute Gasteiger partial charge is 0.486 e. The summed E-state index contributed by atoms with van der Waals surface area (Å²) in [5.74, 6) is 1.47. The van der Waals surface area contributed by atoms with Gasteiger partial charge in [-0.2, -0.15) is 5.26 Å². The summed E-state index contributed by atoms with van der Waals surface area (Å²) in [5, 5.41) is 12.4. The lowest BCUT2D eigenvalue weighted by atomic mass is 10.1. The van der Waals surface area contributed by atoms with Gasteiger partial charge in [-0.3, -0.25) is 0 Å². The number of rotatable bonds is 1. The Balaban J connectivity index is 0.00000133. The normalized spacial score (nSPS) is 17.3. The minimum atomic E-state index is 0. The highest BCUT2D eigenvalue weighted by atomic mass is 35.5. The van der Waals surface area contributed by atoms with Crippen LogP contribution in [0.5, 0.6) is 11.5 Å². The Hall–Kier alpha value is -1.64. The molecule has 1 fully saturated rings. The summed E-state index contributed by atoms with van der Waals surface area (Å²) >= 11 is 0. The minimum Gasteiger partial charge on any atom is -0.486 e. The van der Waals surface area contributed by atoms with Gasteiger partial charge in [0.15, 0.2) is 11.5 Å². The second-order valence-corrected chi connectivity index (χ2v) is 4.37. The number of hydrogen-bond donors (Lipinski definition) is 1. The Labute approximate surface area is 118 Å². The molecule has 0 atom stereocenters. The van der Waals surface area contributed by atoms with Crippen LogP contribution < -0.4 is 19.7 Å². The average Bonchev–Trinajstić information content (AvgIpc) is 2.47. The van der Waals surface area contributed by atoms with Crippen LogP contribution in [0.25, 0.3) is 0 Å². The highest BCUT2D eigenvalue weighted by molar-refractivity contribution is 5.85. The van der Waals surface area contributed by atoms with Crippen LogP contribution in [0.2, 0.25) is 0 Å². The highest BCUT2D eigenvalue weighted by Gasteiger charge is 2.22. The molecule has 0 aliphatic carbocycles. The Morgan fingerprint density at radius 2 is 1.89 bits per heavy atom. The predicted molar refractivity (Wildman–Crippen MR) is 74.5 cm³/mol. The Kier molecular flexibility index (Phi) is 4.35. The Morgan fingerprint density at radius 1 is 1.16 bits per heavy atom. The lowest BCUT2D eigenvalue weighted by Crippen LogP contribution is -2.43. The van der Waals surface area contributed by atoms with Crippen molar-refractivity contribution >= 4 is 18.1 Å². The zero-order valence-corrected chi connectivity index (χ0v) is 11.3. The fourth-order valence-electron chi connectivity index (χ4n) is 2.34. The molecule has 3 rings (SSSR count). The summed E-state index contributed by atoms with van der Waals surface area (Å²) in [4.78, 5) is 2.24. The third kappa shape index (κ3) is 2.70. The van der Waals surface area contributed by atoms with Gasteiger partial charge in [0.05, 0.1) is 17.3 Å². The first-order valence-electron chi connectivity index (χ1n) is 6.18. The van der Waals surface area contributed by atoms with E-state index in [1.807, 2.05) is 6.07 Å². The van der Waals surface area contributed by atoms with Crippen LogP contribution in [0.4, 0.5) is 5.69 Å². The second-order valence-electron chi connectivity index (χ2n) is 4.37. The maximum absolute atomic E-state index is 9.08. The fourth-order valence-corrected chi connectivity index (χ4v) is 2.34. The van der Waals surface area contributed by atoms with E-state index >= 15 is 0 Å². The number of nitrogens with one attached hydrogen (secondary N) is 1. The van der Waals surface area contributed by atoms with E-state index in [2.05, 4.69) is 16.3 Å². The molecule has 102 valence electrons. The molecule has 0 aromatic heterocycles. The van der Waals surface area contributed by atoms with E-state index in [-0.39, 0.29) is 12.4 Å². The van der Waals surface area contributed by atoms with Gasteiger partial charge in [0.2, 0.25) is 0 Å². The van der Waals surface area contributed by atoms with Crippen LogP contribution in [0, 0.1) is 11.3 Å². The van der Waals surface area contributed by atoms with Gasteiger partial charge in [-0.15, -0.1) is 12.4 Å². The summed E-state index contributed by atoms with van der Waals surface area (Å²) in [7, 11) is 0. The molecule has 1 N–H and O–H groups in total. The molecule has 0 unspecified atom stereocenters. The van der Waals surface area contributed by atoms with Gasteiger partial charge in [-0.25, -0.2) is 0 Å². The van der Waals surface area contributed by atoms with Crippen molar-refractivity contribution in [1.29, 1.82) is 5.26 Å². The molecule has 0 spiro atoms. The van der Waals surface area contributed by atoms with Gasteiger partial charge in [-0.1, -0.05) is 0 Å². The van der Waals surface area contributed by atoms with Gasteiger partial charge in [0.25, 0.3) is 0 Å². The number of nitriles is 1. The lowest BCUT2D eigenvalue weighted by molar-refractivity contribution is 0.172. The fraction of sp³-hybridized carbons (Fsp3) is 0.462. The number of benzene rings is 1. The molecule has 5 nitrogen and oxygen atoms in total. The SMILES string of the molecule is Cl.N#Cc1cc2c(c(N3CCNCC3)c1)OCCO2. The molecular weight excluding hydrogens is 266 g/mol. The topological polar surface area (TPSA) is 57.5 Å². The molecule has 0 radical (unpaired) electrons. The molecule has 1 aromatic rings. The zero-order valence-electron chi connectivity index (χ0n) is 10.5. The van der Waals surface area contributed by atoms with E-state index in [0.29, 0.717) is 24.5 Å². The molecule has 1 aromatic carbocycles. The molecule has 2 aliphatic heterocycles. The second kappa shape index (κ2) is 6.00. The van der Waals surface area contributed by atoms with Crippen molar-refractivity contribution in [3.63, 3.8) is 0 Å². The van der Waals surface area contributed by atoms with Crippen LogP contribution in [-0.4, -0.2) is 39.4 Å². The van der Waals surface area contributed by atoms with Crippen molar-refractivity contribution in [2.45, 2.75) is 0 Å². The van der Waals surface area contributed by atoms with Gasteiger partial charge in [0.1, 0.15) is 13.2 Å². The highest BCUT2D eigenvalue weighted by Crippen LogP contribution is 2.40. The Bertz CT molecular complexity index is 495. The molecular formula is C13H16ClN3O2. The van der Waals surface area contributed by atoms with Crippen molar-refractivity contribution in [3.8, 4) is 17.6 Å². The monoisotopic (exact) mass is 281 g/mol. The molecule has 1 saturated heterocycles. The van der Waals surface area contributed by atoms with E-state index < -0.39 is 0 Å². The summed E-state index contributed by atoms with van der Waals surface area (Å²) in [5.41, 5.74) is 1.60. The van der Waals surface area contributed by atoms with Crippen LogP contribution in [0.1, 0.15) is 5.56 Å². The standard InChI is InChI=1S/C13H15N3O2.ClH/c14-9-10-7-11(16-3-1-15-2-4-16)13-12(8-10)17-5-6-18-13;/h7-8,15H,1-6H2;1H. The number of fused-ring (bicyclic) bond motifs is 1. The van der Waals surface area contributed by atoms with Crippen LogP contribution in [-0.2, 0) is 0 Å². The minimum absolute atomic E-state index is 0. The van der Waals surface area contributed by atoms with Crippen molar-refractivity contribution in [3.05, 3.63) is 17.7 Å². The third-order valence-corrected chi connectivity index (χ3v) is 3.21. The number of hydrogen-bond acceptors (Lipinski definition) is 5. The number of nitrogens with zero attached hydrogens (tertiary/aromatic N) is 2. The van der Waals surface area contributed by atoms with Gasteiger partial charge >= 0.3 is 0 Å². The van der Waals surface area contributed by atoms with E-state index in [0.717, 1.165) is 37.6 Å². The number of ether oxygens (including phenoxy) is 2. The Morgan fingerprint density at radius 3 is 2.63 bits per heavy atom. The number of anilines is 1.